The van der Waals surface area contributed by atoms with E-state index in [4.69, 9.17) is 10.4 Å². The summed E-state index contributed by atoms with van der Waals surface area (Å²) in [6, 6.07) is 3.95. The van der Waals surface area contributed by atoms with Gasteiger partial charge < -0.3 is 20.4 Å². The van der Waals surface area contributed by atoms with E-state index in [1.54, 1.807) is 7.05 Å². The van der Waals surface area contributed by atoms with Crippen LogP contribution in [0.5, 0.6) is 0 Å². The number of hydrogen-bond acceptors (Lipinski definition) is 6. The lowest BCUT2D eigenvalue weighted by molar-refractivity contribution is -0.115. The molecule has 1 aromatic rings. The molecule has 0 bridgehead atoms. The van der Waals surface area contributed by atoms with Crippen molar-refractivity contribution in [2.45, 2.75) is 44.6 Å². The molecule has 0 aromatic carbocycles. The largest absolute Gasteiger partial charge is 0.373 e. The molecule has 3 rings (SSSR count). The minimum Gasteiger partial charge on any atom is -0.373 e. The van der Waals surface area contributed by atoms with Crippen molar-refractivity contribution < 1.29 is 6.22 Å². The molecule has 2 fully saturated rings. The van der Waals surface area contributed by atoms with Crippen LogP contribution < -0.4 is 15.5 Å². The Labute approximate surface area is 163 Å². The Morgan fingerprint density at radius 3 is 2.44 bits per heavy atom. The molecule has 3 heterocycles. The van der Waals surface area contributed by atoms with E-state index in [1.807, 2.05) is 12.1 Å². The average Bonchev–Trinajstić information content (AvgIpc) is 2.98. The number of amides is 1. The topological polar surface area (TPSA) is 84.4 Å². The quantitative estimate of drug-likeness (QED) is 0.689. The van der Waals surface area contributed by atoms with E-state index in [9.17, 15) is 4.79 Å². The van der Waals surface area contributed by atoms with Crippen LogP contribution in [0.15, 0.2) is 12.1 Å². The lowest BCUT2D eigenvalue weighted by Gasteiger charge is -2.29. The van der Waals surface area contributed by atoms with Gasteiger partial charge in [0.15, 0.2) is 0 Å². The van der Waals surface area contributed by atoms with Crippen LogP contribution in [0, 0.1) is 5.41 Å². The van der Waals surface area contributed by atoms with Crippen LogP contribution >= 0.6 is 0 Å². The summed E-state index contributed by atoms with van der Waals surface area (Å²) in [5.74, 6) is 1.21. The van der Waals surface area contributed by atoms with Gasteiger partial charge in [0.25, 0.3) is 5.91 Å². The van der Waals surface area contributed by atoms with Crippen molar-refractivity contribution in [3.8, 4) is 0 Å². The highest BCUT2D eigenvalue weighted by Crippen LogP contribution is 2.22. The molecule has 0 saturated carbocycles. The third kappa shape index (κ3) is 4.97. The first-order valence-corrected chi connectivity index (χ1v) is 10.1. The van der Waals surface area contributed by atoms with Gasteiger partial charge in [-0.1, -0.05) is 12.8 Å². The Hall–Kier alpha value is -2.15. The molecule has 0 radical (unpaired) electrons. The highest BCUT2D eigenvalue weighted by Gasteiger charge is 2.23. The van der Waals surface area contributed by atoms with Gasteiger partial charge in [-0.15, -0.1) is 0 Å². The zero-order valence-electron chi connectivity index (χ0n) is 16.6. The number of nitrogens with one attached hydrogen (secondary N) is 3. The van der Waals surface area contributed by atoms with Crippen LogP contribution in [0.25, 0.3) is 0 Å². The second kappa shape index (κ2) is 9.17. The zero-order chi connectivity index (χ0) is 19.2. The first-order valence-electron chi connectivity index (χ1n) is 10.1. The van der Waals surface area contributed by atoms with Crippen molar-refractivity contribution in [2.75, 3.05) is 50.5 Å². The summed E-state index contributed by atoms with van der Waals surface area (Å²) < 4.78 is 0. The van der Waals surface area contributed by atoms with Gasteiger partial charge in [-0.05, 0) is 58.0 Å². The number of likely N-dealkylation sites (tertiary alicyclic amines) is 1. The molecule has 0 spiro atoms. The first kappa shape index (κ1) is 19.6. The molecule has 150 valence electrons. The summed E-state index contributed by atoms with van der Waals surface area (Å²) in [6.07, 6.45) is 6.78. The van der Waals surface area contributed by atoms with Crippen molar-refractivity contribution in [3.63, 3.8) is 0 Å². The normalized spacial score (nSPS) is 19.4. The fourth-order valence-corrected chi connectivity index (χ4v) is 3.85. The number of carbonyl (C=O) groups excluding carboxylic acids is 1. The summed E-state index contributed by atoms with van der Waals surface area (Å²) in [4.78, 5) is 21.9. The van der Waals surface area contributed by atoms with Crippen molar-refractivity contribution in [2.24, 2.45) is 0 Å². The molecule has 7 heteroatoms. The summed E-state index contributed by atoms with van der Waals surface area (Å²) in [6.45, 7) is 3.99. The molecular weight excluding hydrogens is 340 g/mol. The van der Waals surface area contributed by atoms with Crippen molar-refractivity contribution in [1.29, 1.82) is 5.41 Å². The molecular formula is C20H34N6O. The summed E-state index contributed by atoms with van der Waals surface area (Å²) in [5, 5.41) is 14.5. The Kier molecular flexibility index (Phi) is 6.66. The predicted octanol–water partition coefficient (Wildman–Crippen LogP) is 2.33. The van der Waals surface area contributed by atoms with Gasteiger partial charge >= 0.3 is 0 Å². The summed E-state index contributed by atoms with van der Waals surface area (Å²) in [7, 11) is 3.89. The van der Waals surface area contributed by atoms with Crippen molar-refractivity contribution >= 4 is 23.3 Å². The SMILES string of the molecule is CNc1nc(N2CCCCCC2)ccc1C(=N)C(=O)NC1CCN(C)CC1.[HH]. The highest BCUT2D eigenvalue weighted by atomic mass is 16.1. The molecule has 0 aliphatic carbocycles. The van der Waals surface area contributed by atoms with Gasteiger partial charge in [-0.25, -0.2) is 4.98 Å². The lowest BCUT2D eigenvalue weighted by Crippen LogP contribution is -2.45. The molecule has 27 heavy (non-hydrogen) atoms. The highest BCUT2D eigenvalue weighted by molar-refractivity contribution is 6.45. The predicted molar refractivity (Wildman–Crippen MR) is 112 cm³/mol. The smallest absolute Gasteiger partial charge is 0.270 e. The van der Waals surface area contributed by atoms with Gasteiger partial charge in [0.05, 0.1) is 0 Å². The van der Waals surface area contributed by atoms with E-state index < -0.39 is 0 Å². The number of anilines is 2. The van der Waals surface area contributed by atoms with Crippen molar-refractivity contribution in [3.05, 3.63) is 17.7 Å². The van der Waals surface area contributed by atoms with Crippen LogP contribution in [0.1, 0.15) is 45.5 Å². The third-order valence-electron chi connectivity index (χ3n) is 5.60. The molecule has 7 nitrogen and oxygen atoms in total. The second-order valence-electron chi connectivity index (χ2n) is 7.64. The molecule has 3 N–H and O–H groups in total. The van der Waals surface area contributed by atoms with Gasteiger partial charge in [-0.3, -0.25) is 10.2 Å². The van der Waals surface area contributed by atoms with E-state index in [2.05, 4.69) is 27.5 Å². The van der Waals surface area contributed by atoms with E-state index >= 15 is 0 Å². The van der Waals surface area contributed by atoms with Crippen LogP contribution in [-0.2, 0) is 4.79 Å². The maximum atomic E-state index is 12.6. The number of hydrogen-bond donors (Lipinski definition) is 3. The number of aromatic nitrogens is 1. The van der Waals surface area contributed by atoms with Gasteiger partial charge in [0.1, 0.15) is 17.3 Å². The molecule has 0 atom stereocenters. The van der Waals surface area contributed by atoms with Crippen molar-refractivity contribution in [1.82, 2.24) is 15.2 Å². The number of carbonyl (C=O) groups is 1. The van der Waals surface area contributed by atoms with E-state index in [0.29, 0.717) is 11.4 Å². The Balaban J connectivity index is 0.00000280. The van der Waals surface area contributed by atoms with E-state index in [1.165, 1.54) is 25.7 Å². The molecule has 0 unspecified atom stereocenters. The number of nitrogens with zero attached hydrogens (tertiary/aromatic N) is 3. The maximum Gasteiger partial charge on any atom is 0.270 e. The lowest BCUT2D eigenvalue weighted by atomic mass is 10.0. The minimum atomic E-state index is -0.314. The minimum absolute atomic E-state index is 0. The number of rotatable bonds is 5. The Bertz CT molecular complexity index is 667. The van der Waals surface area contributed by atoms with Crippen LogP contribution in [0.3, 0.4) is 0 Å². The summed E-state index contributed by atoms with van der Waals surface area (Å²) >= 11 is 0. The molecule has 1 aromatic heterocycles. The van der Waals surface area contributed by atoms with Crippen LogP contribution in [0.2, 0.25) is 0 Å². The third-order valence-corrected chi connectivity index (χ3v) is 5.60. The van der Waals surface area contributed by atoms with Crippen LogP contribution in [0.4, 0.5) is 11.6 Å². The maximum absolute atomic E-state index is 12.6. The Morgan fingerprint density at radius 2 is 1.81 bits per heavy atom. The molecule has 2 aliphatic rings. The fraction of sp³-hybridized carbons (Fsp3) is 0.650. The number of piperidine rings is 1. The van der Waals surface area contributed by atoms with Crippen LogP contribution in [-0.4, -0.2) is 67.8 Å². The summed E-state index contributed by atoms with van der Waals surface area (Å²) in [5.41, 5.74) is 0.537. The molecule has 1 amide bonds. The average molecular weight is 375 g/mol. The number of pyridine rings is 1. The van der Waals surface area contributed by atoms with Gasteiger partial charge in [-0.2, -0.15) is 0 Å². The van der Waals surface area contributed by atoms with Gasteiger partial charge in [0.2, 0.25) is 0 Å². The molecule has 2 saturated heterocycles. The zero-order valence-corrected chi connectivity index (χ0v) is 16.6. The van der Waals surface area contributed by atoms with E-state index in [0.717, 1.165) is 44.8 Å². The second-order valence-corrected chi connectivity index (χ2v) is 7.64. The monoisotopic (exact) mass is 374 g/mol. The first-order chi connectivity index (χ1) is 13.1. The molecule has 2 aliphatic heterocycles. The fourth-order valence-electron chi connectivity index (χ4n) is 3.85. The Morgan fingerprint density at radius 1 is 1.15 bits per heavy atom. The van der Waals surface area contributed by atoms with Gasteiger partial charge in [0, 0.05) is 33.2 Å². The standard InChI is InChI=1S/C20H32N6O.H2/c1-22-19-16(7-8-17(24-19)26-11-5-3-4-6-12-26)18(21)20(27)23-15-9-13-25(2)14-10-15;/h7-8,15,21H,3-6,9-14H2,1-2H3,(H,22,24)(H,23,27);1H. The van der Waals surface area contributed by atoms with E-state index in [-0.39, 0.29) is 19.1 Å².